The number of likely N-dealkylation sites (tertiary alicyclic amines) is 1. The maximum atomic E-state index is 12.8. The van der Waals surface area contributed by atoms with Crippen LogP contribution in [0.3, 0.4) is 0 Å². The van der Waals surface area contributed by atoms with Gasteiger partial charge < -0.3 is 19.4 Å². The molecule has 0 bridgehead atoms. The van der Waals surface area contributed by atoms with Crippen LogP contribution in [-0.4, -0.2) is 36.3 Å². The van der Waals surface area contributed by atoms with Gasteiger partial charge in [-0.2, -0.15) is 0 Å². The average molecular weight is 370 g/mol. The third-order valence-corrected chi connectivity index (χ3v) is 4.78. The fraction of sp³-hybridized carbons (Fsp3) is 0.429. The van der Waals surface area contributed by atoms with E-state index in [1.54, 1.807) is 11.0 Å². The minimum absolute atomic E-state index is 0.0157. The van der Waals surface area contributed by atoms with Gasteiger partial charge in [0.15, 0.2) is 5.76 Å². The van der Waals surface area contributed by atoms with Crippen LogP contribution < -0.4 is 10.1 Å². The summed E-state index contributed by atoms with van der Waals surface area (Å²) >= 11 is 0. The minimum Gasteiger partial charge on any atom is -0.489 e. The van der Waals surface area contributed by atoms with Gasteiger partial charge in [-0.25, -0.2) is 0 Å². The molecule has 0 saturated carbocycles. The zero-order valence-electron chi connectivity index (χ0n) is 15.6. The molecular weight excluding hydrogens is 344 g/mol. The molecule has 1 aromatic heterocycles. The number of hydrogen-bond acceptors (Lipinski definition) is 4. The molecule has 2 amide bonds. The van der Waals surface area contributed by atoms with E-state index in [9.17, 15) is 9.59 Å². The molecule has 0 radical (unpaired) electrons. The second kappa shape index (κ2) is 9.26. The smallest absolute Gasteiger partial charge is 0.289 e. The van der Waals surface area contributed by atoms with Gasteiger partial charge in [-0.15, -0.1) is 0 Å². The number of carbonyl (C=O) groups is 2. The molecule has 1 aromatic carbocycles. The van der Waals surface area contributed by atoms with E-state index in [-0.39, 0.29) is 24.3 Å². The molecule has 1 fully saturated rings. The molecular formula is C21H26N2O4. The van der Waals surface area contributed by atoms with Crippen molar-refractivity contribution in [3.05, 3.63) is 54.0 Å². The number of hydrogen-bond donors (Lipinski definition) is 1. The van der Waals surface area contributed by atoms with Crippen molar-refractivity contribution in [2.24, 2.45) is 5.92 Å². The first-order chi connectivity index (χ1) is 13.2. The lowest BCUT2D eigenvalue weighted by Crippen LogP contribution is -2.43. The maximum absolute atomic E-state index is 12.8. The molecule has 2 aromatic rings. The summed E-state index contributed by atoms with van der Waals surface area (Å²) in [5, 5.41) is 2.94. The van der Waals surface area contributed by atoms with E-state index >= 15 is 0 Å². The summed E-state index contributed by atoms with van der Waals surface area (Å²) in [6, 6.07) is 11.2. The van der Waals surface area contributed by atoms with Crippen LogP contribution in [0.4, 0.5) is 0 Å². The highest BCUT2D eigenvalue weighted by Crippen LogP contribution is 2.22. The largest absolute Gasteiger partial charge is 0.489 e. The molecule has 0 spiro atoms. The van der Waals surface area contributed by atoms with Gasteiger partial charge in [-0.3, -0.25) is 9.59 Å². The van der Waals surface area contributed by atoms with E-state index < -0.39 is 0 Å². The molecule has 0 atom stereocenters. The topological polar surface area (TPSA) is 71.8 Å². The molecule has 144 valence electrons. The highest BCUT2D eigenvalue weighted by atomic mass is 16.5. The Kier molecular flexibility index (Phi) is 6.52. The number of para-hydroxylation sites is 1. The van der Waals surface area contributed by atoms with E-state index in [1.807, 2.05) is 37.3 Å². The standard InChI is InChI=1S/C21H26N2O4/c1-2-11-22-20(24)16-8-12-23(13-9-16)21(25)19-17(10-14-26-19)15-27-18-6-4-3-5-7-18/h3-7,10,14,16H,2,8-9,11-13,15H2,1H3,(H,22,24). The van der Waals surface area contributed by atoms with Gasteiger partial charge in [0.2, 0.25) is 5.91 Å². The van der Waals surface area contributed by atoms with Crippen LogP contribution in [0.15, 0.2) is 47.1 Å². The predicted octanol–water partition coefficient (Wildman–Crippen LogP) is 3.24. The summed E-state index contributed by atoms with van der Waals surface area (Å²) in [6.45, 7) is 4.13. The van der Waals surface area contributed by atoms with E-state index in [1.165, 1.54) is 6.26 Å². The van der Waals surface area contributed by atoms with Crippen LogP contribution in [0.5, 0.6) is 5.75 Å². The van der Waals surface area contributed by atoms with Gasteiger partial charge >= 0.3 is 0 Å². The third kappa shape index (κ3) is 4.90. The quantitative estimate of drug-likeness (QED) is 0.812. The SMILES string of the molecule is CCCNC(=O)C1CCN(C(=O)c2occc2COc2ccccc2)CC1. The number of piperidine rings is 1. The number of benzene rings is 1. The molecule has 6 nitrogen and oxygen atoms in total. The van der Waals surface area contributed by atoms with Crippen LogP contribution in [-0.2, 0) is 11.4 Å². The molecule has 0 aliphatic carbocycles. The molecule has 1 saturated heterocycles. The summed E-state index contributed by atoms with van der Waals surface area (Å²) in [5.74, 6) is 1.01. The normalized spacial score (nSPS) is 14.8. The van der Waals surface area contributed by atoms with Crippen LogP contribution in [0.2, 0.25) is 0 Å². The second-order valence-corrected chi connectivity index (χ2v) is 6.73. The predicted molar refractivity (Wildman–Crippen MR) is 101 cm³/mol. The number of ether oxygens (including phenoxy) is 1. The maximum Gasteiger partial charge on any atom is 0.289 e. The number of nitrogens with zero attached hydrogens (tertiary/aromatic N) is 1. The van der Waals surface area contributed by atoms with E-state index in [4.69, 9.17) is 9.15 Å². The van der Waals surface area contributed by atoms with Gasteiger partial charge in [0.1, 0.15) is 12.4 Å². The number of nitrogens with one attached hydrogen (secondary N) is 1. The number of amides is 2. The van der Waals surface area contributed by atoms with E-state index in [2.05, 4.69) is 5.32 Å². The van der Waals surface area contributed by atoms with Crippen molar-refractivity contribution >= 4 is 11.8 Å². The lowest BCUT2D eigenvalue weighted by Gasteiger charge is -2.31. The van der Waals surface area contributed by atoms with Crippen molar-refractivity contribution in [3.63, 3.8) is 0 Å². The second-order valence-electron chi connectivity index (χ2n) is 6.73. The number of rotatable bonds is 7. The molecule has 1 N–H and O–H groups in total. The lowest BCUT2D eigenvalue weighted by atomic mass is 9.95. The number of carbonyl (C=O) groups excluding carboxylic acids is 2. The van der Waals surface area contributed by atoms with Gasteiger partial charge in [-0.1, -0.05) is 25.1 Å². The van der Waals surface area contributed by atoms with Crippen molar-refractivity contribution in [1.82, 2.24) is 10.2 Å². The molecule has 0 unspecified atom stereocenters. The van der Waals surface area contributed by atoms with Crippen molar-refractivity contribution < 1.29 is 18.7 Å². The van der Waals surface area contributed by atoms with Gasteiger partial charge in [0.25, 0.3) is 5.91 Å². The Labute approximate surface area is 159 Å². The zero-order valence-corrected chi connectivity index (χ0v) is 15.6. The zero-order chi connectivity index (χ0) is 19.1. The fourth-order valence-corrected chi connectivity index (χ4v) is 3.20. The Hall–Kier alpha value is -2.76. The molecule has 1 aliphatic rings. The van der Waals surface area contributed by atoms with Gasteiger partial charge in [-0.05, 0) is 37.5 Å². The highest BCUT2D eigenvalue weighted by Gasteiger charge is 2.29. The van der Waals surface area contributed by atoms with Gasteiger partial charge in [0.05, 0.1) is 6.26 Å². The fourth-order valence-electron chi connectivity index (χ4n) is 3.20. The summed E-state index contributed by atoms with van der Waals surface area (Å²) in [6.07, 6.45) is 3.80. The van der Waals surface area contributed by atoms with Crippen LogP contribution in [0, 0.1) is 5.92 Å². The summed E-state index contributed by atoms with van der Waals surface area (Å²) in [4.78, 5) is 26.7. The van der Waals surface area contributed by atoms with E-state index in [0.717, 1.165) is 17.7 Å². The summed E-state index contributed by atoms with van der Waals surface area (Å²) < 4.78 is 11.2. The first kappa shape index (κ1) is 19.0. The van der Waals surface area contributed by atoms with Crippen molar-refractivity contribution in [3.8, 4) is 5.75 Å². The molecule has 3 rings (SSSR count). The minimum atomic E-state index is -0.140. The third-order valence-electron chi connectivity index (χ3n) is 4.78. The summed E-state index contributed by atoms with van der Waals surface area (Å²) in [5.41, 5.74) is 0.728. The van der Waals surface area contributed by atoms with Crippen LogP contribution >= 0.6 is 0 Å². The Morgan fingerprint density at radius 1 is 1.19 bits per heavy atom. The molecule has 2 heterocycles. The Bertz CT molecular complexity index is 749. The number of furan rings is 1. The van der Waals surface area contributed by atoms with E-state index in [0.29, 0.717) is 38.2 Å². The highest BCUT2D eigenvalue weighted by molar-refractivity contribution is 5.93. The van der Waals surface area contributed by atoms with Crippen molar-refractivity contribution in [1.29, 1.82) is 0 Å². The Morgan fingerprint density at radius 2 is 1.93 bits per heavy atom. The lowest BCUT2D eigenvalue weighted by molar-refractivity contribution is -0.126. The Morgan fingerprint density at radius 3 is 2.63 bits per heavy atom. The summed E-state index contributed by atoms with van der Waals surface area (Å²) in [7, 11) is 0. The van der Waals surface area contributed by atoms with Crippen molar-refractivity contribution in [2.75, 3.05) is 19.6 Å². The molecule has 1 aliphatic heterocycles. The molecule has 6 heteroatoms. The Balaban J connectivity index is 1.55. The van der Waals surface area contributed by atoms with Crippen molar-refractivity contribution in [2.45, 2.75) is 32.8 Å². The first-order valence-electron chi connectivity index (χ1n) is 9.50. The monoisotopic (exact) mass is 370 g/mol. The van der Waals surface area contributed by atoms with Crippen LogP contribution in [0.1, 0.15) is 42.3 Å². The first-order valence-corrected chi connectivity index (χ1v) is 9.50. The van der Waals surface area contributed by atoms with Crippen LogP contribution in [0.25, 0.3) is 0 Å². The molecule has 27 heavy (non-hydrogen) atoms. The average Bonchev–Trinajstić information content (AvgIpc) is 3.19. The van der Waals surface area contributed by atoms with Gasteiger partial charge in [0, 0.05) is 31.1 Å².